The average Bonchev–Trinajstić information content (AvgIpc) is 2.26. The topological polar surface area (TPSA) is 58.2 Å². The van der Waals surface area contributed by atoms with Gasteiger partial charge in [0.25, 0.3) is 10.0 Å². The van der Waals surface area contributed by atoms with Crippen LogP contribution < -0.4 is 10.0 Å². The molecular weight excluding hydrogens is 236 g/mol. The van der Waals surface area contributed by atoms with Crippen LogP contribution in [0.2, 0.25) is 0 Å². The predicted octanol–water partition coefficient (Wildman–Crippen LogP) is 1.52. The lowest BCUT2D eigenvalue weighted by atomic mass is 10.2. The third-order valence-electron chi connectivity index (χ3n) is 2.05. The van der Waals surface area contributed by atoms with Crippen LogP contribution in [0.4, 0.5) is 0 Å². The van der Waals surface area contributed by atoms with Gasteiger partial charge in [-0.25, -0.2) is 8.42 Å². The maximum absolute atomic E-state index is 11.9. The number of nitrogens with one attached hydrogen (secondary N) is 2. The normalized spacial score (nSPS) is 10.6. The molecule has 1 rings (SSSR count). The molecular formula is C12H16N2O2S. The van der Waals surface area contributed by atoms with Crippen molar-refractivity contribution in [2.45, 2.75) is 11.8 Å². The molecule has 0 atom stereocenters. The Kier molecular flexibility index (Phi) is 4.34. The quantitative estimate of drug-likeness (QED) is 0.755. The zero-order valence-corrected chi connectivity index (χ0v) is 10.5. The van der Waals surface area contributed by atoms with Gasteiger partial charge in [0.2, 0.25) is 0 Å². The van der Waals surface area contributed by atoms with E-state index in [1.54, 1.807) is 30.3 Å². The molecule has 0 fully saturated rings. The Bertz CT molecular complexity index is 504. The molecule has 17 heavy (non-hydrogen) atoms. The number of rotatable bonds is 6. The van der Waals surface area contributed by atoms with Gasteiger partial charge in [-0.1, -0.05) is 30.4 Å². The Morgan fingerprint density at radius 3 is 2.47 bits per heavy atom. The highest BCUT2D eigenvalue weighted by Gasteiger charge is 2.13. The number of benzene rings is 1. The van der Waals surface area contributed by atoms with Gasteiger partial charge in [0, 0.05) is 6.54 Å². The van der Waals surface area contributed by atoms with Crippen molar-refractivity contribution in [1.29, 1.82) is 0 Å². The number of aryl methyl sites for hydroxylation is 1. The summed E-state index contributed by atoms with van der Waals surface area (Å²) in [5, 5.41) is 2.77. The fourth-order valence-corrected chi connectivity index (χ4v) is 2.18. The van der Waals surface area contributed by atoms with Gasteiger partial charge in [0.05, 0.1) is 4.90 Å². The highest BCUT2D eigenvalue weighted by molar-refractivity contribution is 7.89. The SMILES string of the molecule is C=CCNC(=C)NS(=O)(=O)c1ccc(C)cc1. The summed E-state index contributed by atoms with van der Waals surface area (Å²) < 4.78 is 26.1. The van der Waals surface area contributed by atoms with E-state index in [2.05, 4.69) is 23.2 Å². The Morgan fingerprint density at radius 2 is 1.94 bits per heavy atom. The predicted molar refractivity (Wildman–Crippen MR) is 68.8 cm³/mol. The van der Waals surface area contributed by atoms with Crippen molar-refractivity contribution in [2.24, 2.45) is 0 Å². The van der Waals surface area contributed by atoms with Crippen molar-refractivity contribution in [3.8, 4) is 0 Å². The fourth-order valence-electron chi connectivity index (χ4n) is 1.17. The number of hydrogen-bond acceptors (Lipinski definition) is 3. The van der Waals surface area contributed by atoms with Gasteiger partial charge in [0.15, 0.2) is 0 Å². The first kappa shape index (κ1) is 13.3. The van der Waals surface area contributed by atoms with Crippen LogP contribution in [0, 0.1) is 6.92 Å². The molecule has 0 amide bonds. The fraction of sp³-hybridized carbons (Fsp3) is 0.167. The van der Waals surface area contributed by atoms with Crippen molar-refractivity contribution in [1.82, 2.24) is 10.0 Å². The monoisotopic (exact) mass is 252 g/mol. The standard InChI is InChI=1S/C12H16N2O2S/c1-4-9-13-11(3)14-17(15,16)12-7-5-10(2)6-8-12/h4-8,13-14H,1,3,9H2,2H3. The van der Waals surface area contributed by atoms with Crippen LogP contribution in [0.5, 0.6) is 0 Å². The van der Waals surface area contributed by atoms with Crippen LogP contribution in [0.15, 0.2) is 54.2 Å². The maximum atomic E-state index is 11.9. The molecule has 0 saturated carbocycles. The Balaban J connectivity index is 2.78. The second-order valence-corrected chi connectivity index (χ2v) is 5.25. The van der Waals surface area contributed by atoms with Crippen LogP contribution in [-0.4, -0.2) is 15.0 Å². The van der Waals surface area contributed by atoms with Gasteiger partial charge >= 0.3 is 0 Å². The minimum Gasteiger partial charge on any atom is -0.368 e. The van der Waals surface area contributed by atoms with Gasteiger partial charge in [0.1, 0.15) is 5.82 Å². The van der Waals surface area contributed by atoms with E-state index in [9.17, 15) is 8.42 Å². The average molecular weight is 252 g/mol. The van der Waals surface area contributed by atoms with E-state index in [0.717, 1.165) is 5.56 Å². The molecule has 5 heteroatoms. The zero-order chi connectivity index (χ0) is 12.9. The van der Waals surface area contributed by atoms with E-state index in [4.69, 9.17) is 0 Å². The van der Waals surface area contributed by atoms with Gasteiger partial charge < -0.3 is 5.32 Å². The summed E-state index contributed by atoms with van der Waals surface area (Å²) in [6.45, 7) is 9.44. The largest absolute Gasteiger partial charge is 0.368 e. The summed E-state index contributed by atoms with van der Waals surface area (Å²) in [7, 11) is -3.55. The van der Waals surface area contributed by atoms with Crippen LogP contribution in [0.3, 0.4) is 0 Å². The van der Waals surface area contributed by atoms with Gasteiger partial charge in [-0.3, -0.25) is 4.72 Å². The van der Waals surface area contributed by atoms with Gasteiger partial charge in [-0.15, -0.1) is 6.58 Å². The van der Waals surface area contributed by atoms with Crippen LogP contribution in [-0.2, 0) is 10.0 Å². The molecule has 0 saturated heterocycles. The molecule has 0 aliphatic rings. The van der Waals surface area contributed by atoms with Crippen molar-refractivity contribution < 1.29 is 8.42 Å². The Hall–Kier alpha value is -1.75. The molecule has 0 aromatic heterocycles. The van der Waals surface area contributed by atoms with Crippen LogP contribution in [0.1, 0.15) is 5.56 Å². The molecule has 0 unspecified atom stereocenters. The molecule has 0 aliphatic heterocycles. The summed E-state index contributed by atoms with van der Waals surface area (Å²) in [6.07, 6.45) is 1.62. The third kappa shape index (κ3) is 3.96. The molecule has 0 radical (unpaired) electrons. The summed E-state index contributed by atoms with van der Waals surface area (Å²) >= 11 is 0. The maximum Gasteiger partial charge on any atom is 0.262 e. The molecule has 0 aliphatic carbocycles. The second kappa shape index (κ2) is 5.54. The first-order valence-corrected chi connectivity index (χ1v) is 6.57. The van der Waals surface area contributed by atoms with Crippen LogP contribution in [0.25, 0.3) is 0 Å². The molecule has 2 N–H and O–H groups in total. The third-order valence-corrected chi connectivity index (χ3v) is 3.46. The van der Waals surface area contributed by atoms with E-state index < -0.39 is 10.0 Å². The highest BCUT2D eigenvalue weighted by Crippen LogP contribution is 2.10. The molecule has 1 aromatic carbocycles. The zero-order valence-electron chi connectivity index (χ0n) is 9.73. The Morgan fingerprint density at radius 1 is 1.35 bits per heavy atom. The molecule has 0 spiro atoms. The Labute approximate surface area is 102 Å². The second-order valence-electron chi connectivity index (χ2n) is 3.57. The number of hydrogen-bond donors (Lipinski definition) is 2. The molecule has 0 heterocycles. The summed E-state index contributed by atoms with van der Waals surface area (Å²) in [4.78, 5) is 0.213. The van der Waals surface area contributed by atoms with Crippen molar-refractivity contribution in [3.05, 3.63) is 54.9 Å². The van der Waals surface area contributed by atoms with E-state index in [0.29, 0.717) is 6.54 Å². The summed E-state index contributed by atoms with van der Waals surface area (Å²) in [5.41, 5.74) is 1.01. The first-order valence-electron chi connectivity index (χ1n) is 5.09. The van der Waals surface area contributed by atoms with Crippen molar-refractivity contribution in [2.75, 3.05) is 6.54 Å². The molecule has 4 nitrogen and oxygen atoms in total. The molecule has 92 valence electrons. The van der Waals surface area contributed by atoms with E-state index >= 15 is 0 Å². The lowest BCUT2D eigenvalue weighted by Gasteiger charge is -2.11. The van der Waals surface area contributed by atoms with Crippen molar-refractivity contribution in [3.63, 3.8) is 0 Å². The van der Waals surface area contributed by atoms with Crippen molar-refractivity contribution >= 4 is 10.0 Å². The lowest BCUT2D eigenvalue weighted by molar-refractivity contribution is 0.585. The van der Waals surface area contributed by atoms with E-state index in [1.165, 1.54) is 0 Å². The molecule has 1 aromatic rings. The summed E-state index contributed by atoms with van der Waals surface area (Å²) in [5.74, 6) is 0.227. The van der Waals surface area contributed by atoms with E-state index in [1.807, 2.05) is 6.92 Å². The van der Waals surface area contributed by atoms with Crippen LogP contribution >= 0.6 is 0 Å². The minimum atomic E-state index is -3.55. The summed E-state index contributed by atoms with van der Waals surface area (Å²) in [6, 6.07) is 6.60. The lowest BCUT2D eigenvalue weighted by Crippen LogP contribution is -2.30. The number of sulfonamides is 1. The smallest absolute Gasteiger partial charge is 0.262 e. The first-order chi connectivity index (χ1) is 7.95. The highest BCUT2D eigenvalue weighted by atomic mass is 32.2. The molecule has 0 bridgehead atoms. The van der Waals surface area contributed by atoms with E-state index in [-0.39, 0.29) is 10.7 Å². The van der Waals surface area contributed by atoms with Gasteiger partial charge in [-0.2, -0.15) is 0 Å². The minimum absolute atomic E-state index is 0.213. The van der Waals surface area contributed by atoms with Gasteiger partial charge in [-0.05, 0) is 19.1 Å².